The first-order valence-corrected chi connectivity index (χ1v) is 11.0. The van der Waals surface area contributed by atoms with Crippen LogP contribution >= 0.6 is 11.6 Å². The van der Waals surface area contributed by atoms with E-state index in [9.17, 15) is 23.1 Å². The number of rotatable bonds is 7. The number of fused-ring (bicyclic) bond motifs is 1. The van der Waals surface area contributed by atoms with Gasteiger partial charge in [-0.3, -0.25) is 9.59 Å². The van der Waals surface area contributed by atoms with Crippen molar-refractivity contribution >= 4 is 44.3 Å². The predicted molar refractivity (Wildman–Crippen MR) is 117 cm³/mol. The standard InChI is InChI=1S/C22H20ClNO5S/c1-4-21(16-7-5-15(6-8-16)14(3)25)30(28,29)24-19-10-9-18(23)11-17(19)12-20(24)13(2)22(26)27/h4-13,21H,1H2,2-3H3,(H,26,27). The van der Waals surface area contributed by atoms with Crippen molar-refractivity contribution < 1.29 is 23.1 Å². The predicted octanol–water partition coefficient (Wildman–Crippen LogP) is 4.79. The van der Waals surface area contributed by atoms with Crippen molar-refractivity contribution in [1.29, 1.82) is 0 Å². The Morgan fingerprint density at radius 2 is 1.77 bits per heavy atom. The maximum Gasteiger partial charge on any atom is 0.312 e. The van der Waals surface area contributed by atoms with Crippen LogP contribution in [0.5, 0.6) is 0 Å². The first-order valence-electron chi connectivity index (χ1n) is 9.09. The van der Waals surface area contributed by atoms with Gasteiger partial charge in [-0.15, -0.1) is 6.58 Å². The summed E-state index contributed by atoms with van der Waals surface area (Å²) in [5.74, 6) is -2.36. The number of hydrogen-bond acceptors (Lipinski definition) is 4. The fourth-order valence-electron chi connectivity index (χ4n) is 3.35. The summed E-state index contributed by atoms with van der Waals surface area (Å²) >= 11 is 6.04. The number of carbonyl (C=O) groups is 2. The lowest BCUT2D eigenvalue weighted by Crippen LogP contribution is -2.24. The summed E-state index contributed by atoms with van der Waals surface area (Å²) < 4.78 is 28.4. The second-order valence-corrected chi connectivity index (χ2v) is 9.32. The molecule has 0 aliphatic rings. The minimum Gasteiger partial charge on any atom is -0.481 e. The van der Waals surface area contributed by atoms with E-state index in [1.54, 1.807) is 42.5 Å². The lowest BCUT2D eigenvalue weighted by Gasteiger charge is -2.20. The van der Waals surface area contributed by atoms with E-state index in [1.165, 1.54) is 26.0 Å². The Balaban J connectivity index is 2.25. The molecule has 1 heterocycles. The van der Waals surface area contributed by atoms with Crippen LogP contribution in [0.3, 0.4) is 0 Å². The number of benzene rings is 2. The number of Topliss-reactive ketones (excluding diaryl/α,β-unsaturated/α-hetero) is 1. The lowest BCUT2D eigenvalue weighted by molar-refractivity contribution is -0.138. The van der Waals surface area contributed by atoms with Crippen molar-refractivity contribution in [3.63, 3.8) is 0 Å². The minimum absolute atomic E-state index is 0.118. The number of carbonyl (C=O) groups excluding carboxylic acids is 1. The van der Waals surface area contributed by atoms with Crippen LogP contribution in [0.1, 0.15) is 46.6 Å². The Kier molecular flexibility index (Phi) is 5.87. The molecular formula is C22H20ClNO5S. The number of carboxylic acid groups (broad SMARTS) is 1. The summed E-state index contributed by atoms with van der Waals surface area (Å²) in [6.07, 6.45) is 1.29. The quantitative estimate of drug-likeness (QED) is 0.416. The van der Waals surface area contributed by atoms with Crippen molar-refractivity contribution in [2.75, 3.05) is 0 Å². The minimum atomic E-state index is -4.14. The topological polar surface area (TPSA) is 93.4 Å². The fourth-order valence-corrected chi connectivity index (χ4v) is 5.44. The third-order valence-corrected chi connectivity index (χ3v) is 7.25. The van der Waals surface area contributed by atoms with Gasteiger partial charge in [-0.05, 0) is 43.7 Å². The fraction of sp³-hybridized carbons (Fsp3) is 0.182. The number of nitrogens with zero attached hydrogens (tertiary/aromatic N) is 1. The summed E-state index contributed by atoms with van der Waals surface area (Å²) in [6, 6.07) is 12.4. The van der Waals surface area contributed by atoms with Crippen LogP contribution < -0.4 is 0 Å². The van der Waals surface area contributed by atoms with E-state index in [-0.39, 0.29) is 11.5 Å². The summed E-state index contributed by atoms with van der Waals surface area (Å²) in [5.41, 5.74) is 1.32. The van der Waals surface area contributed by atoms with Gasteiger partial charge in [0, 0.05) is 21.7 Å². The Morgan fingerprint density at radius 3 is 2.30 bits per heavy atom. The third kappa shape index (κ3) is 3.78. The molecule has 0 spiro atoms. The molecule has 0 fully saturated rings. The van der Waals surface area contributed by atoms with Crippen molar-refractivity contribution in [3.8, 4) is 0 Å². The van der Waals surface area contributed by atoms with E-state index in [1.807, 2.05) is 0 Å². The summed E-state index contributed by atoms with van der Waals surface area (Å²) in [4.78, 5) is 23.2. The molecule has 30 heavy (non-hydrogen) atoms. The van der Waals surface area contributed by atoms with Gasteiger partial charge in [-0.2, -0.15) is 0 Å². The van der Waals surface area contributed by atoms with Gasteiger partial charge in [0.1, 0.15) is 5.25 Å². The van der Waals surface area contributed by atoms with Crippen LogP contribution in [-0.2, 0) is 14.8 Å². The molecule has 156 valence electrons. The maximum atomic E-state index is 13.7. The molecule has 1 aromatic heterocycles. The Hall–Kier alpha value is -2.90. The van der Waals surface area contributed by atoms with Crippen LogP contribution in [0, 0.1) is 0 Å². The monoisotopic (exact) mass is 445 g/mol. The number of carboxylic acids is 1. The highest BCUT2D eigenvalue weighted by atomic mass is 35.5. The molecular weight excluding hydrogens is 426 g/mol. The Morgan fingerprint density at radius 1 is 1.13 bits per heavy atom. The molecule has 1 N–H and O–H groups in total. The van der Waals surface area contributed by atoms with E-state index < -0.39 is 27.2 Å². The number of aliphatic carboxylic acids is 1. The zero-order valence-corrected chi connectivity index (χ0v) is 17.9. The molecule has 0 radical (unpaired) electrons. The Labute approximate surface area is 179 Å². The van der Waals surface area contributed by atoms with Gasteiger partial charge in [0.05, 0.1) is 11.4 Å². The zero-order valence-electron chi connectivity index (χ0n) is 16.4. The molecule has 0 saturated carbocycles. The number of halogens is 1. The van der Waals surface area contributed by atoms with Gasteiger partial charge in [-0.1, -0.05) is 41.9 Å². The lowest BCUT2D eigenvalue weighted by atomic mass is 10.1. The van der Waals surface area contributed by atoms with Gasteiger partial charge >= 0.3 is 5.97 Å². The van der Waals surface area contributed by atoms with E-state index in [0.29, 0.717) is 27.1 Å². The summed E-state index contributed by atoms with van der Waals surface area (Å²) in [5, 5.41) is 9.29. The molecule has 2 aromatic carbocycles. The molecule has 0 saturated heterocycles. The molecule has 0 amide bonds. The zero-order chi connectivity index (χ0) is 22.2. The summed E-state index contributed by atoms with van der Waals surface area (Å²) in [6.45, 7) is 6.53. The van der Waals surface area contributed by atoms with Crippen molar-refractivity contribution in [1.82, 2.24) is 3.97 Å². The second kappa shape index (κ2) is 8.08. The molecule has 2 atom stereocenters. The molecule has 6 nitrogen and oxygen atoms in total. The maximum absolute atomic E-state index is 13.7. The van der Waals surface area contributed by atoms with Crippen LogP contribution in [0.25, 0.3) is 10.9 Å². The van der Waals surface area contributed by atoms with Crippen LogP contribution in [0.15, 0.2) is 61.2 Å². The molecule has 0 bridgehead atoms. The van der Waals surface area contributed by atoms with E-state index in [0.717, 1.165) is 3.97 Å². The third-order valence-electron chi connectivity index (χ3n) is 5.00. The van der Waals surface area contributed by atoms with Gasteiger partial charge < -0.3 is 5.11 Å². The van der Waals surface area contributed by atoms with Crippen LogP contribution in [-0.4, -0.2) is 29.2 Å². The van der Waals surface area contributed by atoms with Crippen molar-refractivity contribution in [3.05, 3.63) is 83.0 Å². The average molecular weight is 446 g/mol. The first-order chi connectivity index (χ1) is 14.1. The van der Waals surface area contributed by atoms with E-state index in [4.69, 9.17) is 11.6 Å². The normalized spacial score (nSPS) is 13.7. The molecule has 3 rings (SSSR count). The molecule has 0 aliphatic carbocycles. The average Bonchev–Trinajstić information content (AvgIpc) is 3.07. The van der Waals surface area contributed by atoms with Gasteiger partial charge in [0.2, 0.25) is 10.0 Å². The van der Waals surface area contributed by atoms with E-state index >= 15 is 0 Å². The highest BCUT2D eigenvalue weighted by Crippen LogP contribution is 2.35. The molecule has 2 unspecified atom stereocenters. The first kappa shape index (κ1) is 21.8. The van der Waals surface area contributed by atoms with Gasteiger partial charge in [-0.25, -0.2) is 12.4 Å². The smallest absolute Gasteiger partial charge is 0.312 e. The van der Waals surface area contributed by atoms with Crippen molar-refractivity contribution in [2.24, 2.45) is 0 Å². The number of aromatic nitrogens is 1. The largest absolute Gasteiger partial charge is 0.481 e. The van der Waals surface area contributed by atoms with Gasteiger partial charge in [0.25, 0.3) is 0 Å². The summed E-state index contributed by atoms with van der Waals surface area (Å²) in [7, 11) is -4.14. The second-order valence-electron chi connectivity index (χ2n) is 6.98. The molecule has 3 aromatic rings. The highest BCUT2D eigenvalue weighted by molar-refractivity contribution is 7.90. The van der Waals surface area contributed by atoms with E-state index in [2.05, 4.69) is 6.58 Å². The number of ketones is 1. The molecule has 8 heteroatoms. The number of hydrogen-bond donors (Lipinski definition) is 1. The van der Waals surface area contributed by atoms with Gasteiger partial charge in [0.15, 0.2) is 5.78 Å². The SMILES string of the molecule is C=CC(c1ccc(C(C)=O)cc1)S(=O)(=O)n1c(C(C)C(=O)O)cc2cc(Cl)ccc21. The highest BCUT2D eigenvalue weighted by Gasteiger charge is 2.32. The Bertz CT molecular complexity index is 1260. The van der Waals surface area contributed by atoms with Crippen molar-refractivity contribution in [2.45, 2.75) is 25.0 Å². The molecule has 0 aliphatic heterocycles. The van der Waals surface area contributed by atoms with Crippen LogP contribution in [0.2, 0.25) is 5.02 Å². The van der Waals surface area contributed by atoms with Crippen LogP contribution in [0.4, 0.5) is 0 Å².